The molecule has 0 aliphatic heterocycles. The molecule has 0 aliphatic carbocycles. The molecule has 1 aromatic carbocycles. The minimum atomic E-state index is -0.257. The molecule has 0 saturated carbocycles. The Morgan fingerprint density at radius 3 is 2.80 bits per heavy atom. The second kappa shape index (κ2) is 5.85. The van der Waals surface area contributed by atoms with E-state index in [1.54, 1.807) is 37.4 Å². The van der Waals surface area contributed by atoms with Gasteiger partial charge in [0.15, 0.2) is 0 Å². The molecular formula is C15H13N3O2. The van der Waals surface area contributed by atoms with Crippen LogP contribution in [0.1, 0.15) is 15.9 Å². The van der Waals surface area contributed by atoms with Crippen molar-refractivity contribution >= 4 is 11.6 Å². The van der Waals surface area contributed by atoms with Crippen LogP contribution in [0.25, 0.3) is 0 Å². The second-order valence-electron chi connectivity index (χ2n) is 4.07. The first-order valence-electron chi connectivity index (χ1n) is 5.94. The van der Waals surface area contributed by atoms with Crippen molar-refractivity contribution in [3.63, 3.8) is 0 Å². The number of hydrogen-bond donors (Lipinski definition) is 0. The lowest BCUT2D eigenvalue weighted by Crippen LogP contribution is -2.27. The van der Waals surface area contributed by atoms with E-state index < -0.39 is 0 Å². The van der Waals surface area contributed by atoms with Gasteiger partial charge in [-0.25, -0.2) is 0 Å². The average molecular weight is 267 g/mol. The van der Waals surface area contributed by atoms with Gasteiger partial charge in [0.05, 0.1) is 30.1 Å². The van der Waals surface area contributed by atoms with Gasteiger partial charge in [0.2, 0.25) is 0 Å². The number of rotatable bonds is 3. The van der Waals surface area contributed by atoms with Crippen molar-refractivity contribution in [1.82, 2.24) is 4.98 Å². The van der Waals surface area contributed by atoms with Crippen LogP contribution in [0.4, 0.5) is 5.69 Å². The lowest BCUT2D eigenvalue weighted by Gasteiger charge is -2.19. The molecule has 2 aromatic rings. The van der Waals surface area contributed by atoms with Gasteiger partial charge < -0.3 is 9.64 Å². The van der Waals surface area contributed by atoms with E-state index in [4.69, 9.17) is 10.00 Å². The summed E-state index contributed by atoms with van der Waals surface area (Å²) < 4.78 is 5.13. The number of amides is 1. The van der Waals surface area contributed by atoms with E-state index in [0.717, 1.165) is 0 Å². The summed E-state index contributed by atoms with van der Waals surface area (Å²) in [7, 11) is 3.11. The van der Waals surface area contributed by atoms with Crippen LogP contribution in [0.3, 0.4) is 0 Å². The van der Waals surface area contributed by atoms with Crippen LogP contribution in [-0.4, -0.2) is 25.0 Å². The number of pyridine rings is 1. The highest BCUT2D eigenvalue weighted by atomic mass is 16.5. The lowest BCUT2D eigenvalue weighted by molar-refractivity contribution is 0.0990. The molecule has 0 aliphatic rings. The monoisotopic (exact) mass is 267 g/mol. The van der Waals surface area contributed by atoms with Crippen LogP contribution in [0.15, 0.2) is 42.7 Å². The fraction of sp³-hybridized carbons (Fsp3) is 0.133. The molecule has 20 heavy (non-hydrogen) atoms. The van der Waals surface area contributed by atoms with Crippen molar-refractivity contribution in [2.45, 2.75) is 0 Å². The summed E-state index contributed by atoms with van der Waals surface area (Å²) in [5.41, 5.74) is 1.40. The van der Waals surface area contributed by atoms with Crippen molar-refractivity contribution < 1.29 is 9.53 Å². The van der Waals surface area contributed by atoms with Gasteiger partial charge >= 0.3 is 0 Å². The molecule has 0 bridgehead atoms. The van der Waals surface area contributed by atoms with Crippen LogP contribution in [0, 0.1) is 11.3 Å². The van der Waals surface area contributed by atoms with Gasteiger partial charge in [0.25, 0.3) is 5.91 Å². The standard InChI is InChI=1S/C15H13N3O2/c1-18(13-6-4-3-5-11(13)9-16)15(19)12-7-8-17-10-14(12)20-2/h3-8,10H,1-2H3. The number of para-hydroxylation sites is 1. The Hall–Kier alpha value is -2.87. The largest absolute Gasteiger partial charge is 0.494 e. The van der Waals surface area contributed by atoms with Crippen LogP contribution < -0.4 is 9.64 Å². The smallest absolute Gasteiger partial charge is 0.261 e. The summed E-state index contributed by atoms with van der Waals surface area (Å²) in [5, 5.41) is 9.10. The van der Waals surface area contributed by atoms with E-state index in [0.29, 0.717) is 22.6 Å². The zero-order valence-corrected chi connectivity index (χ0v) is 11.2. The number of methoxy groups -OCH3 is 1. The first-order valence-corrected chi connectivity index (χ1v) is 5.94. The molecule has 2 rings (SSSR count). The topological polar surface area (TPSA) is 66.2 Å². The molecule has 1 heterocycles. The van der Waals surface area contributed by atoms with Crippen LogP contribution in [0.2, 0.25) is 0 Å². The molecule has 0 spiro atoms. The molecule has 0 fully saturated rings. The fourth-order valence-corrected chi connectivity index (χ4v) is 1.87. The summed E-state index contributed by atoms with van der Waals surface area (Å²) in [6, 6.07) is 10.6. The number of nitriles is 1. The van der Waals surface area contributed by atoms with Gasteiger partial charge in [-0.15, -0.1) is 0 Å². The second-order valence-corrected chi connectivity index (χ2v) is 4.07. The maximum atomic E-state index is 12.5. The Balaban J connectivity index is 2.41. The van der Waals surface area contributed by atoms with Crippen molar-refractivity contribution in [3.8, 4) is 11.8 Å². The molecule has 5 nitrogen and oxygen atoms in total. The number of aromatic nitrogens is 1. The van der Waals surface area contributed by atoms with Gasteiger partial charge in [-0.2, -0.15) is 5.26 Å². The Kier molecular flexibility index (Phi) is 3.96. The Bertz CT molecular complexity index is 677. The summed E-state index contributed by atoms with van der Waals surface area (Å²) in [5.74, 6) is 0.144. The van der Waals surface area contributed by atoms with Crippen LogP contribution in [0.5, 0.6) is 5.75 Å². The third-order valence-electron chi connectivity index (χ3n) is 2.93. The molecule has 5 heteroatoms. The quantitative estimate of drug-likeness (QED) is 0.855. The molecule has 0 N–H and O–H groups in total. The third kappa shape index (κ3) is 2.45. The number of hydrogen-bond acceptors (Lipinski definition) is 4. The predicted octanol–water partition coefficient (Wildman–Crippen LogP) is 2.24. The molecule has 0 atom stereocenters. The highest BCUT2D eigenvalue weighted by molar-refractivity contribution is 6.08. The van der Waals surface area contributed by atoms with E-state index in [-0.39, 0.29) is 5.91 Å². The molecule has 1 amide bonds. The number of carbonyl (C=O) groups is 1. The zero-order valence-electron chi connectivity index (χ0n) is 11.2. The highest BCUT2D eigenvalue weighted by Gasteiger charge is 2.19. The summed E-state index contributed by atoms with van der Waals surface area (Å²) >= 11 is 0. The van der Waals surface area contributed by atoms with Crippen LogP contribution >= 0.6 is 0 Å². The fourth-order valence-electron chi connectivity index (χ4n) is 1.87. The average Bonchev–Trinajstić information content (AvgIpc) is 2.53. The number of ether oxygens (including phenoxy) is 1. The first kappa shape index (κ1) is 13.6. The van der Waals surface area contributed by atoms with Crippen molar-refractivity contribution in [2.24, 2.45) is 0 Å². The molecule has 0 radical (unpaired) electrons. The molecule has 0 saturated heterocycles. The van der Waals surface area contributed by atoms with E-state index in [1.807, 2.05) is 0 Å². The number of anilines is 1. The molecule has 0 unspecified atom stereocenters. The summed E-state index contributed by atoms with van der Waals surface area (Å²) in [4.78, 5) is 17.8. The van der Waals surface area contributed by atoms with Gasteiger partial charge in [0.1, 0.15) is 11.8 Å². The van der Waals surface area contributed by atoms with Crippen molar-refractivity contribution in [3.05, 3.63) is 53.9 Å². The minimum absolute atomic E-state index is 0.257. The maximum Gasteiger partial charge on any atom is 0.261 e. The Morgan fingerprint density at radius 1 is 1.35 bits per heavy atom. The maximum absolute atomic E-state index is 12.5. The highest BCUT2D eigenvalue weighted by Crippen LogP contribution is 2.23. The van der Waals surface area contributed by atoms with E-state index in [2.05, 4.69) is 11.1 Å². The van der Waals surface area contributed by atoms with Gasteiger partial charge in [0, 0.05) is 13.2 Å². The van der Waals surface area contributed by atoms with E-state index >= 15 is 0 Å². The number of carbonyl (C=O) groups excluding carboxylic acids is 1. The first-order chi connectivity index (χ1) is 9.69. The van der Waals surface area contributed by atoms with Crippen molar-refractivity contribution in [2.75, 3.05) is 19.1 Å². The number of benzene rings is 1. The number of nitrogens with zero attached hydrogens (tertiary/aromatic N) is 3. The predicted molar refractivity (Wildman–Crippen MR) is 74.7 cm³/mol. The normalized spacial score (nSPS) is 9.65. The lowest BCUT2D eigenvalue weighted by atomic mass is 10.1. The summed E-state index contributed by atoms with van der Waals surface area (Å²) in [6.45, 7) is 0. The van der Waals surface area contributed by atoms with Crippen molar-refractivity contribution in [1.29, 1.82) is 5.26 Å². The summed E-state index contributed by atoms with van der Waals surface area (Å²) in [6.07, 6.45) is 3.01. The zero-order chi connectivity index (χ0) is 14.5. The molecule has 100 valence electrons. The molecular weight excluding hydrogens is 254 g/mol. The Morgan fingerprint density at radius 2 is 2.10 bits per heavy atom. The van der Waals surface area contributed by atoms with Gasteiger partial charge in [-0.1, -0.05) is 12.1 Å². The SMILES string of the molecule is COc1cnccc1C(=O)N(C)c1ccccc1C#N. The van der Waals surface area contributed by atoms with Crippen LogP contribution in [-0.2, 0) is 0 Å². The molecule has 1 aromatic heterocycles. The minimum Gasteiger partial charge on any atom is -0.494 e. The van der Waals surface area contributed by atoms with Gasteiger partial charge in [-0.3, -0.25) is 9.78 Å². The van der Waals surface area contributed by atoms with Gasteiger partial charge in [-0.05, 0) is 18.2 Å². The third-order valence-corrected chi connectivity index (χ3v) is 2.93. The van der Waals surface area contributed by atoms with E-state index in [1.165, 1.54) is 24.4 Å². The Labute approximate surface area is 117 Å². The van der Waals surface area contributed by atoms with E-state index in [9.17, 15) is 4.79 Å².